The van der Waals surface area contributed by atoms with Crippen molar-refractivity contribution in [3.05, 3.63) is 112 Å². The molecule has 38 heavy (non-hydrogen) atoms. The van der Waals surface area contributed by atoms with Crippen molar-refractivity contribution >= 4 is 45.7 Å². The van der Waals surface area contributed by atoms with Gasteiger partial charge in [-0.1, -0.05) is 65.1 Å². The van der Waals surface area contributed by atoms with E-state index in [-0.39, 0.29) is 22.3 Å². The number of benzene rings is 3. The average molecular weight is 550 g/mol. The lowest BCUT2D eigenvalue weighted by Crippen LogP contribution is -2.29. The topological polar surface area (TPSA) is 83.4 Å². The molecule has 0 saturated carbocycles. The van der Waals surface area contributed by atoms with Crippen LogP contribution in [0.2, 0.25) is 0 Å². The van der Waals surface area contributed by atoms with Gasteiger partial charge < -0.3 is 5.11 Å². The number of anilines is 1. The molecule has 6 nitrogen and oxygen atoms in total. The van der Waals surface area contributed by atoms with Gasteiger partial charge in [0.25, 0.3) is 5.78 Å². The zero-order valence-electron chi connectivity index (χ0n) is 20.3. The van der Waals surface area contributed by atoms with Crippen LogP contribution in [0.5, 0.6) is 0 Å². The van der Waals surface area contributed by atoms with Crippen LogP contribution in [0.3, 0.4) is 0 Å². The fourth-order valence-electron chi connectivity index (χ4n) is 4.21. The zero-order chi connectivity index (χ0) is 27.0. The number of aromatic nitrogens is 2. The maximum Gasteiger partial charge on any atom is 0.301 e. The normalized spacial score (nSPS) is 16.8. The Balaban J connectivity index is 1.55. The van der Waals surface area contributed by atoms with Gasteiger partial charge in [-0.3, -0.25) is 14.5 Å². The standard InChI is InChI=1S/C28H21F2N3O3S2/c1-15-3-4-16(2)21(13-15)24(34)22-23(18-7-11-20(30)12-8-18)33(26(36)25(22)35)27-31-32-28(38-27)37-14-17-5-9-19(29)10-6-17/h3-13,23,34H,14H2,1-2H3. The Bertz CT molecular complexity index is 1570. The molecule has 4 aromatic rings. The Labute approximate surface area is 225 Å². The van der Waals surface area contributed by atoms with Crippen molar-refractivity contribution in [1.82, 2.24) is 10.2 Å². The van der Waals surface area contributed by atoms with Gasteiger partial charge in [-0.2, -0.15) is 0 Å². The van der Waals surface area contributed by atoms with Gasteiger partial charge >= 0.3 is 5.91 Å². The van der Waals surface area contributed by atoms with E-state index in [1.807, 2.05) is 19.1 Å². The second-order valence-corrected chi connectivity index (χ2v) is 11.0. The summed E-state index contributed by atoms with van der Waals surface area (Å²) in [6, 6.07) is 15.9. The molecule has 1 saturated heterocycles. The fourth-order valence-corrected chi connectivity index (χ4v) is 6.03. The minimum Gasteiger partial charge on any atom is -0.507 e. The second-order valence-electron chi connectivity index (χ2n) is 8.80. The van der Waals surface area contributed by atoms with Crippen molar-refractivity contribution in [2.75, 3.05) is 4.90 Å². The third kappa shape index (κ3) is 4.97. The molecule has 1 atom stereocenters. The Kier molecular flexibility index (Phi) is 7.09. The van der Waals surface area contributed by atoms with Gasteiger partial charge in [0.2, 0.25) is 5.13 Å². The summed E-state index contributed by atoms with van der Waals surface area (Å²) in [5.41, 5.74) is 3.25. The predicted molar refractivity (Wildman–Crippen MR) is 143 cm³/mol. The van der Waals surface area contributed by atoms with Crippen molar-refractivity contribution in [2.24, 2.45) is 0 Å². The molecular formula is C28H21F2N3O3S2. The summed E-state index contributed by atoms with van der Waals surface area (Å²) in [6.45, 7) is 3.66. The van der Waals surface area contributed by atoms with E-state index >= 15 is 0 Å². The van der Waals surface area contributed by atoms with Crippen molar-refractivity contribution < 1.29 is 23.5 Å². The number of carbonyl (C=O) groups is 2. The van der Waals surface area contributed by atoms with Crippen LogP contribution in [0.4, 0.5) is 13.9 Å². The first-order chi connectivity index (χ1) is 18.2. The van der Waals surface area contributed by atoms with E-state index in [0.717, 1.165) is 28.0 Å². The quantitative estimate of drug-likeness (QED) is 0.0992. The smallest absolute Gasteiger partial charge is 0.301 e. The highest BCUT2D eigenvalue weighted by molar-refractivity contribution is 8.00. The second kappa shape index (κ2) is 10.5. The van der Waals surface area contributed by atoms with E-state index < -0.39 is 23.5 Å². The van der Waals surface area contributed by atoms with Gasteiger partial charge in [0.05, 0.1) is 11.6 Å². The molecule has 1 unspecified atom stereocenters. The van der Waals surface area contributed by atoms with Gasteiger partial charge in [-0.05, 0) is 60.9 Å². The fraction of sp³-hybridized carbons (Fsp3) is 0.143. The maximum atomic E-state index is 13.8. The number of hydrogen-bond acceptors (Lipinski definition) is 7. The van der Waals surface area contributed by atoms with Crippen molar-refractivity contribution in [1.29, 1.82) is 0 Å². The highest BCUT2D eigenvalue weighted by Crippen LogP contribution is 2.44. The number of thioether (sulfide) groups is 1. The molecule has 0 radical (unpaired) electrons. The summed E-state index contributed by atoms with van der Waals surface area (Å²) in [4.78, 5) is 27.9. The number of nitrogens with zero attached hydrogens (tertiary/aromatic N) is 3. The van der Waals surface area contributed by atoms with Crippen LogP contribution in [-0.2, 0) is 15.3 Å². The van der Waals surface area contributed by atoms with E-state index in [0.29, 0.717) is 21.2 Å². The first kappa shape index (κ1) is 25.7. The average Bonchev–Trinajstić information content (AvgIpc) is 3.47. The van der Waals surface area contributed by atoms with Crippen LogP contribution in [0.15, 0.2) is 76.6 Å². The predicted octanol–water partition coefficient (Wildman–Crippen LogP) is 6.35. The number of hydrogen-bond donors (Lipinski definition) is 1. The molecule has 3 aromatic carbocycles. The Morgan fingerprint density at radius 2 is 1.63 bits per heavy atom. The Morgan fingerprint density at radius 1 is 0.974 bits per heavy atom. The molecule has 10 heteroatoms. The van der Waals surface area contributed by atoms with Gasteiger partial charge in [-0.15, -0.1) is 10.2 Å². The summed E-state index contributed by atoms with van der Waals surface area (Å²) in [5.74, 6) is -2.34. The van der Waals surface area contributed by atoms with Crippen LogP contribution in [-0.4, -0.2) is 27.0 Å². The van der Waals surface area contributed by atoms with Gasteiger partial charge in [-0.25, -0.2) is 8.78 Å². The Hall–Kier alpha value is -3.89. The van der Waals surface area contributed by atoms with E-state index in [1.165, 1.54) is 53.1 Å². The number of amides is 1. The zero-order valence-corrected chi connectivity index (χ0v) is 21.9. The van der Waals surface area contributed by atoms with E-state index in [1.54, 1.807) is 25.1 Å². The van der Waals surface area contributed by atoms with Gasteiger partial charge in [0, 0.05) is 11.3 Å². The maximum absolute atomic E-state index is 13.8. The van der Waals surface area contributed by atoms with E-state index in [2.05, 4.69) is 10.2 Å². The monoisotopic (exact) mass is 549 g/mol. The first-order valence-corrected chi connectivity index (χ1v) is 13.4. The summed E-state index contributed by atoms with van der Waals surface area (Å²) >= 11 is 2.47. The van der Waals surface area contributed by atoms with Crippen LogP contribution in [0.1, 0.15) is 33.9 Å². The number of aryl methyl sites for hydroxylation is 2. The molecular weight excluding hydrogens is 528 g/mol. The lowest BCUT2D eigenvalue weighted by atomic mass is 9.93. The summed E-state index contributed by atoms with van der Waals surface area (Å²) < 4.78 is 27.5. The molecule has 1 fully saturated rings. The largest absolute Gasteiger partial charge is 0.507 e. The third-order valence-corrected chi connectivity index (χ3v) is 8.28. The number of carbonyl (C=O) groups excluding carboxylic acids is 2. The van der Waals surface area contributed by atoms with Crippen molar-refractivity contribution in [3.8, 4) is 0 Å². The molecule has 0 aliphatic carbocycles. The molecule has 0 spiro atoms. The first-order valence-electron chi connectivity index (χ1n) is 11.6. The Morgan fingerprint density at radius 3 is 2.32 bits per heavy atom. The number of aliphatic hydroxyl groups is 1. The number of aliphatic hydroxyl groups excluding tert-OH is 1. The molecule has 2 heterocycles. The van der Waals surface area contributed by atoms with E-state index in [4.69, 9.17) is 0 Å². The number of Topliss-reactive ketones (excluding diaryl/α,β-unsaturated/α-hetero) is 1. The van der Waals surface area contributed by atoms with Crippen molar-refractivity contribution in [2.45, 2.75) is 30.0 Å². The molecule has 1 aliphatic heterocycles. The highest BCUT2D eigenvalue weighted by atomic mass is 32.2. The molecule has 5 rings (SSSR count). The molecule has 0 bridgehead atoms. The number of halogens is 2. The van der Waals surface area contributed by atoms with Gasteiger partial charge in [0.1, 0.15) is 17.4 Å². The minimum atomic E-state index is -1.03. The van der Waals surface area contributed by atoms with Crippen LogP contribution >= 0.6 is 23.1 Å². The SMILES string of the molecule is Cc1ccc(C)c(C(O)=C2C(=O)C(=O)N(c3nnc(SCc4ccc(F)cc4)s3)C2c2ccc(F)cc2)c1. The lowest BCUT2D eigenvalue weighted by Gasteiger charge is -2.22. The summed E-state index contributed by atoms with van der Waals surface area (Å²) in [5, 5.41) is 19.8. The molecule has 1 aliphatic rings. The highest BCUT2D eigenvalue weighted by Gasteiger charge is 2.48. The van der Waals surface area contributed by atoms with Crippen LogP contribution < -0.4 is 4.90 Å². The van der Waals surface area contributed by atoms with Crippen LogP contribution in [0, 0.1) is 25.5 Å². The summed E-state index contributed by atoms with van der Waals surface area (Å²) in [7, 11) is 0. The number of ketones is 1. The van der Waals surface area contributed by atoms with Gasteiger partial charge in [0.15, 0.2) is 4.34 Å². The molecule has 1 amide bonds. The van der Waals surface area contributed by atoms with Crippen molar-refractivity contribution in [3.63, 3.8) is 0 Å². The number of rotatable bonds is 6. The molecule has 1 N–H and O–H groups in total. The summed E-state index contributed by atoms with van der Waals surface area (Å²) in [6.07, 6.45) is 0. The molecule has 1 aromatic heterocycles. The minimum absolute atomic E-state index is 0.106. The lowest BCUT2D eigenvalue weighted by molar-refractivity contribution is -0.132. The third-order valence-electron chi connectivity index (χ3n) is 6.16. The van der Waals surface area contributed by atoms with E-state index in [9.17, 15) is 23.5 Å². The van der Waals surface area contributed by atoms with Crippen LogP contribution in [0.25, 0.3) is 5.76 Å². The molecule has 192 valence electrons.